The quantitative estimate of drug-likeness (QED) is 0.625. The maximum Gasteiger partial charge on any atom is 0.118 e. The second kappa shape index (κ2) is 5.50. The van der Waals surface area contributed by atoms with Crippen LogP contribution in [0.25, 0.3) is 0 Å². The first-order valence-corrected chi connectivity index (χ1v) is 4.76. The zero-order chi connectivity index (χ0) is 10.4. The van der Waals surface area contributed by atoms with E-state index in [1.54, 1.807) is 6.92 Å². The minimum absolute atomic E-state index is 0.185. The molecule has 0 aliphatic carbocycles. The first-order valence-electron chi connectivity index (χ1n) is 4.76. The van der Waals surface area contributed by atoms with Crippen LogP contribution in [0.5, 0.6) is 11.5 Å². The number of hydrogen-bond acceptors (Lipinski definition) is 3. The highest BCUT2D eigenvalue weighted by Gasteiger charge is 1.95. The molecule has 0 radical (unpaired) electrons. The van der Waals surface area contributed by atoms with E-state index >= 15 is 0 Å². The van der Waals surface area contributed by atoms with Gasteiger partial charge in [0.25, 0.3) is 0 Å². The standard InChI is InChI=1S/C7H8O2.C4H8O/c1-5-4-6(8)2-3-7(5)9;1-2-4-5-3-1/h2-4,8-9H,1H3;1-4H2. The number of rotatable bonds is 0. The molecule has 2 N–H and O–H groups in total. The molecule has 78 valence electrons. The van der Waals surface area contributed by atoms with E-state index in [4.69, 9.17) is 14.9 Å². The monoisotopic (exact) mass is 196 g/mol. The van der Waals surface area contributed by atoms with Gasteiger partial charge < -0.3 is 14.9 Å². The van der Waals surface area contributed by atoms with Crippen LogP contribution in [0.4, 0.5) is 0 Å². The predicted octanol–water partition coefficient (Wildman–Crippen LogP) is 2.20. The first-order chi connectivity index (χ1) is 6.70. The third-order valence-electron chi connectivity index (χ3n) is 2.01. The number of hydrogen-bond donors (Lipinski definition) is 2. The van der Waals surface area contributed by atoms with Crippen molar-refractivity contribution in [2.24, 2.45) is 0 Å². The van der Waals surface area contributed by atoms with Gasteiger partial charge in [0.05, 0.1) is 0 Å². The van der Waals surface area contributed by atoms with E-state index in [1.165, 1.54) is 31.0 Å². The first kappa shape index (κ1) is 10.9. The Morgan fingerprint density at radius 1 is 1.14 bits per heavy atom. The van der Waals surface area contributed by atoms with Crippen LogP contribution in [0.3, 0.4) is 0 Å². The topological polar surface area (TPSA) is 49.7 Å². The van der Waals surface area contributed by atoms with Crippen molar-refractivity contribution in [2.45, 2.75) is 19.8 Å². The van der Waals surface area contributed by atoms with Crippen molar-refractivity contribution in [1.82, 2.24) is 0 Å². The van der Waals surface area contributed by atoms with Crippen molar-refractivity contribution in [2.75, 3.05) is 13.2 Å². The molecular formula is C11H16O3. The fraction of sp³-hybridized carbons (Fsp3) is 0.455. The van der Waals surface area contributed by atoms with Crippen LogP contribution in [-0.2, 0) is 4.74 Å². The molecule has 1 aliphatic heterocycles. The van der Waals surface area contributed by atoms with Crippen LogP contribution in [0.1, 0.15) is 18.4 Å². The van der Waals surface area contributed by atoms with Crippen LogP contribution < -0.4 is 0 Å². The third-order valence-corrected chi connectivity index (χ3v) is 2.01. The fourth-order valence-electron chi connectivity index (χ4n) is 1.15. The van der Waals surface area contributed by atoms with E-state index < -0.39 is 0 Å². The lowest BCUT2D eigenvalue weighted by molar-refractivity contribution is 0.198. The van der Waals surface area contributed by atoms with E-state index in [2.05, 4.69) is 0 Å². The number of aromatic hydroxyl groups is 2. The highest BCUT2D eigenvalue weighted by molar-refractivity contribution is 5.37. The molecule has 0 unspecified atom stereocenters. The molecule has 1 aromatic carbocycles. The average molecular weight is 196 g/mol. The summed E-state index contributed by atoms with van der Waals surface area (Å²) in [6.07, 6.45) is 2.56. The number of aryl methyl sites for hydroxylation is 1. The van der Waals surface area contributed by atoms with Gasteiger partial charge in [0.1, 0.15) is 11.5 Å². The zero-order valence-corrected chi connectivity index (χ0v) is 8.36. The van der Waals surface area contributed by atoms with Crippen molar-refractivity contribution < 1.29 is 14.9 Å². The third kappa shape index (κ3) is 3.66. The Balaban J connectivity index is 0.000000165. The van der Waals surface area contributed by atoms with Gasteiger partial charge in [0.15, 0.2) is 0 Å². The van der Waals surface area contributed by atoms with Crippen molar-refractivity contribution in [3.8, 4) is 11.5 Å². The molecule has 1 saturated heterocycles. The summed E-state index contributed by atoms with van der Waals surface area (Å²) in [5.74, 6) is 0.401. The molecule has 3 heteroatoms. The maximum absolute atomic E-state index is 8.93. The highest BCUT2D eigenvalue weighted by atomic mass is 16.5. The van der Waals surface area contributed by atoms with Gasteiger partial charge in [-0.2, -0.15) is 0 Å². The number of phenols is 2. The maximum atomic E-state index is 8.93. The second-order valence-electron chi connectivity index (χ2n) is 3.29. The summed E-state index contributed by atoms with van der Waals surface area (Å²) in [5.41, 5.74) is 0.690. The van der Waals surface area contributed by atoms with Crippen LogP contribution in [0, 0.1) is 6.92 Å². The normalized spacial score (nSPS) is 14.6. The van der Waals surface area contributed by atoms with Gasteiger partial charge >= 0.3 is 0 Å². The van der Waals surface area contributed by atoms with Crippen LogP contribution in [0.2, 0.25) is 0 Å². The summed E-state index contributed by atoms with van der Waals surface area (Å²) in [6, 6.07) is 4.42. The molecule has 0 amide bonds. The summed E-state index contributed by atoms with van der Waals surface area (Å²) in [5, 5.41) is 17.8. The summed E-state index contributed by atoms with van der Waals surface area (Å²) >= 11 is 0. The van der Waals surface area contributed by atoms with Crippen molar-refractivity contribution in [3.63, 3.8) is 0 Å². The van der Waals surface area contributed by atoms with Crippen LogP contribution in [0.15, 0.2) is 18.2 Å². The lowest BCUT2D eigenvalue weighted by Gasteiger charge is -1.96. The van der Waals surface area contributed by atoms with E-state index in [0.717, 1.165) is 13.2 Å². The number of phenolic OH excluding ortho intramolecular Hbond substituents is 2. The highest BCUT2D eigenvalue weighted by Crippen LogP contribution is 2.19. The summed E-state index contributed by atoms with van der Waals surface area (Å²) < 4.78 is 4.94. The molecule has 1 fully saturated rings. The Bertz CT molecular complexity index is 272. The van der Waals surface area contributed by atoms with Crippen molar-refractivity contribution in [1.29, 1.82) is 0 Å². The summed E-state index contributed by atoms with van der Waals surface area (Å²) in [7, 11) is 0. The Labute approximate surface area is 84.0 Å². The Hall–Kier alpha value is -1.22. The Morgan fingerprint density at radius 3 is 2.14 bits per heavy atom. The summed E-state index contributed by atoms with van der Waals surface area (Å²) in [6.45, 7) is 3.73. The Morgan fingerprint density at radius 2 is 1.79 bits per heavy atom. The number of benzene rings is 1. The van der Waals surface area contributed by atoms with Crippen molar-refractivity contribution in [3.05, 3.63) is 23.8 Å². The number of ether oxygens (including phenoxy) is 1. The molecule has 0 bridgehead atoms. The second-order valence-corrected chi connectivity index (χ2v) is 3.29. The minimum atomic E-state index is 0.185. The van der Waals surface area contributed by atoms with Crippen molar-refractivity contribution >= 4 is 0 Å². The smallest absolute Gasteiger partial charge is 0.118 e. The van der Waals surface area contributed by atoms with E-state index in [-0.39, 0.29) is 11.5 Å². The largest absolute Gasteiger partial charge is 0.508 e. The molecule has 0 spiro atoms. The van der Waals surface area contributed by atoms with E-state index in [9.17, 15) is 0 Å². The molecular weight excluding hydrogens is 180 g/mol. The SMILES string of the molecule is C1CCOC1.Cc1cc(O)ccc1O. The molecule has 1 aliphatic rings. The molecule has 0 saturated carbocycles. The summed E-state index contributed by atoms with van der Waals surface area (Å²) in [4.78, 5) is 0. The minimum Gasteiger partial charge on any atom is -0.508 e. The Kier molecular flexibility index (Phi) is 4.26. The molecule has 0 atom stereocenters. The van der Waals surface area contributed by atoms with Gasteiger partial charge in [-0.25, -0.2) is 0 Å². The van der Waals surface area contributed by atoms with Gasteiger partial charge in [-0.1, -0.05) is 0 Å². The zero-order valence-electron chi connectivity index (χ0n) is 8.36. The molecule has 0 aromatic heterocycles. The van der Waals surface area contributed by atoms with Crippen LogP contribution in [-0.4, -0.2) is 23.4 Å². The molecule has 1 aromatic rings. The predicted molar refractivity (Wildman–Crippen MR) is 54.6 cm³/mol. The molecule has 2 rings (SSSR count). The average Bonchev–Trinajstić information content (AvgIpc) is 2.69. The van der Waals surface area contributed by atoms with Crippen LogP contribution >= 0.6 is 0 Å². The van der Waals surface area contributed by atoms with Gasteiger partial charge in [-0.05, 0) is 43.5 Å². The molecule has 14 heavy (non-hydrogen) atoms. The van der Waals surface area contributed by atoms with Gasteiger partial charge in [-0.3, -0.25) is 0 Å². The van der Waals surface area contributed by atoms with E-state index in [0.29, 0.717) is 5.56 Å². The lowest BCUT2D eigenvalue weighted by Crippen LogP contribution is -1.74. The lowest BCUT2D eigenvalue weighted by atomic mass is 10.2. The molecule has 3 nitrogen and oxygen atoms in total. The van der Waals surface area contributed by atoms with E-state index in [1.807, 2.05) is 0 Å². The van der Waals surface area contributed by atoms with Gasteiger partial charge in [0, 0.05) is 13.2 Å². The molecule has 1 heterocycles. The fourth-order valence-corrected chi connectivity index (χ4v) is 1.15. The van der Waals surface area contributed by atoms with Gasteiger partial charge in [0.2, 0.25) is 0 Å². The van der Waals surface area contributed by atoms with Gasteiger partial charge in [-0.15, -0.1) is 0 Å².